The summed E-state index contributed by atoms with van der Waals surface area (Å²) in [6.45, 7) is 0. The summed E-state index contributed by atoms with van der Waals surface area (Å²) in [5.41, 5.74) is 0. The van der Waals surface area contributed by atoms with Gasteiger partial charge in [0.1, 0.15) is 0 Å². The second-order valence-electron chi connectivity index (χ2n) is 1.10. The molecule has 0 saturated carbocycles. The van der Waals surface area contributed by atoms with Crippen molar-refractivity contribution in [3.05, 3.63) is 9.38 Å². The molecule has 0 aliphatic carbocycles. The summed E-state index contributed by atoms with van der Waals surface area (Å²) in [5.74, 6) is -0.672. The molecule has 0 bridgehead atoms. The zero-order valence-corrected chi connectivity index (χ0v) is 10.9. The Hall–Kier alpha value is 1.29. The molecule has 0 fully saturated rings. The molecule has 0 aliphatic rings. The van der Waals surface area contributed by atoms with Crippen molar-refractivity contribution in [2.45, 2.75) is 0 Å². The fourth-order valence-corrected chi connectivity index (χ4v) is 37.1. The first-order valence-electron chi connectivity index (χ1n) is 1.91. The van der Waals surface area contributed by atoms with E-state index in [1.807, 2.05) is 4.94 Å². The van der Waals surface area contributed by atoms with Gasteiger partial charge in [-0.1, -0.05) is 0 Å². The van der Waals surface area contributed by atoms with Gasteiger partial charge in [0.25, 0.3) is 0 Å². The van der Waals surface area contributed by atoms with E-state index < -0.39 is 5.97 Å². The number of carboxylic acid groups (broad SMARTS) is 1. The van der Waals surface area contributed by atoms with Gasteiger partial charge in [-0.25, -0.2) is 0 Å². The third-order valence-corrected chi connectivity index (χ3v) is 36.4. The van der Waals surface area contributed by atoms with Crippen LogP contribution >= 0.6 is 0 Å². The van der Waals surface area contributed by atoms with Crippen molar-refractivity contribution in [3.63, 3.8) is 0 Å². The van der Waals surface area contributed by atoms with Crippen molar-refractivity contribution < 1.29 is 9.90 Å². The summed E-state index contributed by atoms with van der Waals surface area (Å²) >= 11 is 0.930. The van der Waals surface area contributed by atoms with Crippen molar-refractivity contribution in [1.82, 2.24) is 0 Å². The van der Waals surface area contributed by atoms with Gasteiger partial charge in [0.15, 0.2) is 0 Å². The van der Waals surface area contributed by atoms with E-state index in [2.05, 4.69) is 0 Å². The Balaban J connectivity index is 2.98. The molecule has 0 saturated heterocycles. The zero-order valence-electron chi connectivity index (χ0n) is 4.07. The van der Waals surface area contributed by atoms with Crippen LogP contribution in [-0.4, -0.2) is 57.9 Å². The topological polar surface area (TPSA) is 37.3 Å². The molecular formula is C3H2O2Se4. The van der Waals surface area contributed by atoms with Gasteiger partial charge in [0, 0.05) is 0 Å². The minimum atomic E-state index is -0.672. The van der Waals surface area contributed by atoms with Crippen LogP contribution in [0.25, 0.3) is 0 Å². The second kappa shape index (κ2) is 4.23. The molecule has 1 rings (SSSR count). The summed E-state index contributed by atoms with van der Waals surface area (Å²) < 4.78 is 0.732. The van der Waals surface area contributed by atoms with Crippen molar-refractivity contribution in [1.29, 1.82) is 0 Å². The first kappa shape index (κ1) is 8.39. The molecule has 1 N–H and O–H groups in total. The molecule has 1 aromatic heterocycles. The molecule has 50 valence electrons. The first-order chi connectivity index (χ1) is 4.30. The summed E-state index contributed by atoms with van der Waals surface area (Å²) in [6.07, 6.45) is 0. The molecule has 0 atom stereocenters. The number of carboxylic acids is 1. The Morgan fingerprint density at radius 1 is 1.56 bits per heavy atom. The molecule has 1 aromatic rings. The summed E-state index contributed by atoms with van der Waals surface area (Å²) in [5, 5.41) is 8.51. The number of carbonyl (C=O) groups is 1. The average molecular weight is 386 g/mol. The van der Waals surface area contributed by atoms with Crippen molar-refractivity contribution in [2.75, 3.05) is 0 Å². The van der Waals surface area contributed by atoms with E-state index in [0.29, 0.717) is 36.0 Å². The van der Waals surface area contributed by atoms with Gasteiger partial charge in [0.2, 0.25) is 0 Å². The Morgan fingerprint density at radius 3 is 2.67 bits per heavy atom. The number of aromatic carboxylic acids is 1. The monoisotopic (exact) mass is 390 g/mol. The molecule has 0 radical (unpaired) electrons. The minimum absolute atomic E-state index is 0.360. The third-order valence-electron chi connectivity index (χ3n) is 0.557. The molecule has 0 aliphatic heterocycles. The molecule has 2 nitrogen and oxygen atoms in total. The predicted octanol–water partition coefficient (Wildman–Crippen LogP) is -1.26. The Morgan fingerprint density at radius 2 is 2.33 bits per heavy atom. The van der Waals surface area contributed by atoms with Crippen LogP contribution in [0.1, 0.15) is 9.23 Å². The molecule has 0 aromatic carbocycles. The predicted molar refractivity (Wildman–Crippen MR) is 38.8 cm³/mol. The van der Waals surface area contributed by atoms with Crippen LogP contribution in [0.2, 0.25) is 0 Å². The Kier molecular flexibility index (Phi) is 3.94. The van der Waals surface area contributed by atoms with Crippen LogP contribution in [-0.2, 0) is 0 Å². The van der Waals surface area contributed by atoms with Gasteiger partial charge in [0.05, 0.1) is 0 Å². The van der Waals surface area contributed by atoms with Crippen molar-refractivity contribution in [2.24, 2.45) is 0 Å². The molecule has 0 amide bonds. The van der Waals surface area contributed by atoms with E-state index in [1.165, 1.54) is 0 Å². The van der Waals surface area contributed by atoms with E-state index in [4.69, 9.17) is 5.11 Å². The van der Waals surface area contributed by atoms with Crippen LogP contribution in [0.15, 0.2) is 4.94 Å². The average Bonchev–Trinajstić information content (AvgIpc) is 1.90. The third kappa shape index (κ3) is 2.79. The van der Waals surface area contributed by atoms with E-state index >= 15 is 0 Å². The zero-order chi connectivity index (χ0) is 6.69. The first-order valence-corrected chi connectivity index (χ1v) is 16.8. The molecular weight excluding hydrogens is 384 g/mol. The van der Waals surface area contributed by atoms with Crippen LogP contribution in [0.3, 0.4) is 0 Å². The Bertz CT molecular complexity index is 210. The summed E-state index contributed by atoms with van der Waals surface area (Å²) in [6, 6.07) is 0. The van der Waals surface area contributed by atoms with Gasteiger partial charge in [-0.2, -0.15) is 0 Å². The molecule has 1 heterocycles. The fourth-order valence-electron chi connectivity index (χ4n) is 0.236. The Labute approximate surface area is 71.4 Å². The fraction of sp³-hybridized carbons (Fsp3) is 0. The maximum absolute atomic E-state index is 10.3. The SMILES string of the molecule is O=C(O)c1c[se][se][se][se]1. The van der Waals surface area contributed by atoms with Crippen LogP contribution < -0.4 is 0 Å². The quantitative estimate of drug-likeness (QED) is 0.613. The van der Waals surface area contributed by atoms with Gasteiger partial charge in [-0.05, 0) is 0 Å². The van der Waals surface area contributed by atoms with Gasteiger partial charge >= 0.3 is 72.0 Å². The summed E-state index contributed by atoms with van der Waals surface area (Å²) in [7, 11) is 1.54. The van der Waals surface area contributed by atoms with E-state index in [1.54, 1.807) is 0 Å². The van der Waals surface area contributed by atoms with Crippen LogP contribution in [0.5, 0.6) is 0 Å². The van der Waals surface area contributed by atoms with E-state index in [9.17, 15) is 4.79 Å². The molecule has 0 spiro atoms. The molecule has 6 heteroatoms. The summed E-state index contributed by atoms with van der Waals surface area (Å²) in [4.78, 5) is 12.3. The van der Waals surface area contributed by atoms with E-state index in [-0.39, 0.29) is 0 Å². The normalized spacial score (nSPS) is 8.89. The standard InChI is InChI=1S/C3H2O2Se4/c4-3(5)2-1-6-8-9-7-2/h1H,(H,4,5). The van der Waals surface area contributed by atoms with Gasteiger partial charge in [-0.3, -0.25) is 0 Å². The van der Waals surface area contributed by atoms with Crippen molar-refractivity contribution in [3.8, 4) is 0 Å². The van der Waals surface area contributed by atoms with Crippen molar-refractivity contribution >= 4 is 52.8 Å². The van der Waals surface area contributed by atoms with Gasteiger partial charge < -0.3 is 0 Å². The van der Waals surface area contributed by atoms with Crippen LogP contribution in [0.4, 0.5) is 0 Å². The number of rotatable bonds is 1. The number of hydrogen-bond acceptors (Lipinski definition) is 1. The maximum atomic E-state index is 10.3. The second-order valence-corrected chi connectivity index (χ2v) is 26.1. The van der Waals surface area contributed by atoms with E-state index in [0.717, 1.165) is 15.2 Å². The van der Waals surface area contributed by atoms with Gasteiger partial charge in [-0.15, -0.1) is 0 Å². The number of hydrogen-bond donors (Lipinski definition) is 1. The van der Waals surface area contributed by atoms with Crippen LogP contribution in [0, 0.1) is 0 Å². The molecule has 9 heavy (non-hydrogen) atoms. The molecule has 0 unspecified atom stereocenters.